The molecule has 1 aliphatic rings. The van der Waals surface area contributed by atoms with Crippen LogP contribution in [0.15, 0.2) is 24.3 Å². The average Bonchev–Trinajstić information content (AvgIpc) is 2.36. The molecular weight excluding hydrogens is 234 g/mol. The molecule has 1 aromatic carbocycles. The molecule has 0 aliphatic carbocycles. The Morgan fingerprint density at radius 2 is 1.89 bits per heavy atom. The van der Waals surface area contributed by atoms with Crippen molar-refractivity contribution in [3.63, 3.8) is 0 Å². The number of nitrogens with one attached hydrogen (secondary N) is 1. The van der Waals surface area contributed by atoms with Crippen LogP contribution < -0.4 is 5.32 Å². The molecule has 1 aliphatic heterocycles. The number of nitrogens with zero attached hydrogens (tertiary/aromatic N) is 2. The fourth-order valence-electron chi connectivity index (χ4n) is 3.06. The predicted molar refractivity (Wildman–Crippen MR) is 81.4 cm³/mol. The quantitative estimate of drug-likeness (QED) is 0.890. The Balaban J connectivity index is 2.08. The topological polar surface area (TPSA) is 18.5 Å². The molecule has 1 fully saturated rings. The summed E-state index contributed by atoms with van der Waals surface area (Å²) in [6.07, 6.45) is 0. The van der Waals surface area contributed by atoms with Crippen LogP contribution in [0.2, 0.25) is 0 Å². The smallest absolute Gasteiger partial charge is 0.0354 e. The van der Waals surface area contributed by atoms with Crippen molar-refractivity contribution in [1.29, 1.82) is 0 Å². The van der Waals surface area contributed by atoms with Crippen molar-refractivity contribution in [3.8, 4) is 0 Å². The number of rotatable bonds is 4. The summed E-state index contributed by atoms with van der Waals surface area (Å²) < 4.78 is 0. The van der Waals surface area contributed by atoms with Crippen molar-refractivity contribution < 1.29 is 0 Å². The van der Waals surface area contributed by atoms with Gasteiger partial charge in [-0.05, 0) is 33.5 Å². The second-order valence-electron chi connectivity index (χ2n) is 5.94. The van der Waals surface area contributed by atoms with Gasteiger partial charge in [-0.3, -0.25) is 4.90 Å². The maximum absolute atomic E-state index is 3.34. The Morgan fingerprint density at radius 1 is 1.21 bits per heavy atom. The van der Waals surface area contributed by atoms with Crippen molar-refractivity contribution in [2.75, 3.05) is 33.7 Å². The summed E-state index contributed by atoms with van der Waals surface area (Å²) in [5.41, 5.74) is 2.75. The molecule has 0 bridgehead atoms. The summed E-state index contributed by atoms with van der Waals surface area (Å²) in [6, 6.07) is 10.2. The number of piperazine rings is 1. The molecule has 3 heteroatoms. The summed E-state index contributed by atoms with van der Waals surface area (Å²) in [5, 5.41) is 3.34. The summed E-state index contributed by atoms with van der Waals surface area (Å²) in [5.74, 6) is 0. The normalized spacial score (nSPS) is 25.7. The van der Waals surface area contributed by atoms with E-state index >= 15 is 0 Å². The number of aryl methyl sites for hydroxylation is 1. The molecule has 1 aromatic rings. The zero-order valence-corrected chi connectivity index (χ0v) is 12.7. The van der Waals surface area contributed by atoms with E-state index < -0.39 is 0 Å². The van der Waals surface area contributed by atoms with Crippen molar-refractivity contribution in [3.05, 3.63) is 35.4 Å². The number of hydrogen-bond acceptors (Lipinski definition) is 3. The van der Waals surface area contributed by atoms with Crippen LogP contribution >= 0.6 is 0 Å². The first kappa shape index (κ1) is 14.5. The molecule has 2 atom stereocenters. The van der Waals surface area contributed by atoms with Crippen LogP contribution in [0.3, 0.4) is 0 Å². The van der Waals surface area contributed by atoms with Gasteiger partial charge in [0.25, 0.3) is 0 Å². The lowest BCUT2D eigenvalue weighted by Gasteiger charge is -2.44. The summed E-state index contributed by atoms with van der Waals surface area (Å²) in [4.78, 5) is 5.08. The molecule has 0 spiro atoms. The standard InChI is InChI=1S/C16H27N3/c1-13-5-7-15(8-6-13)11-19-14(2)10-18(4)12-16(19)9-17-3/h5-8,14,16-17H,9-12H2,1-4H3. The molecule has 2 rings (SSSR count). The fraction of sp³-hybridized carbons (Fsp3) is 0.625. The van der Waals surface area contributed by atoms with Gasteiger partial charge in [-0.15, -0.1) is 0 Å². The Morgan fingerprint density at radius 3 is 2.53 bits per heavy atom. The number of hydrogen-bond donors (Lipinski definition) is 1. The van der Waals surface area contributed by atoms with Gasteiger partial charge >= 0.3 is 0 Å². The maximum Gasteiger partial charge on any atom is 0.0354 e. The third kappa shape index (κ3) is 3.78. The van der Waals surface area contributed by atoms with E-state index in [9.17, 15) is 0 Å². The van der Waals surface area contributed by atoms with E-state index in [0.29, 0.717) is 12.1 Å². The van der Waals surface area contributed by atoms with Gasteiger partial charge in [0.2, 0.25) is 0 Å². The molecule has 0 radical (unpaired) electrons. The van der Waals surface area contributed by atoms with E-state index in [-0.39, 0.29) is 0 Å². The van der Waals surface area contributed by atoms with E-state index in [0.717, 1.165) is 26.2 Å². The van der Waals surface area contributed by atoms with Gasteiger partial charge in [-0.25, -0.2) is 0 Å². The molecule has 1 saturated heterocycles. The van der Waals surface area contributed by atoms with E-state index in [1.54, 1.807) is 0 Å². The molecule has 106 valence electrons. The minimum atomic E-state index is 0.597. The lowest BCUT2D eigenvalue weighted by Crippen LogP contribution is -2.58. The van der Waals surface area contributed by atoms with E-state index in [1.165, 1.54) is 11.1 Å². The second-order valence-corrected chi connectivity index (χ2v) is 5.94. The molecular formula is C16H27N3. The molecule has 1 N–H and O–H groups in total. The van der Waals surface area contributed by atoms with Crippen molar-refractivity contribution in [1.82, 2.24) is 15.1 Å². The molecule has 3 nitrogen and oxygen atoms in total. The Labute approximate surface area is 117 Å². The highest BCUT2D eigenvalue weighted by molar-refractivity contribution is 5.21. The molecule has 19 heavy (non-hydrogen) atoms. The summed E-state index contributed by atoms with van der Waals surface area (Å²) >= 11 is 0. The monoisotopic (exact) mass is 261 g/mol. The minimum absolute atomic E-state index is 0.597. The summed E-state index contributed by atoms with van der Waals surface area (Å²) in [6.45, 7) is 8.91. The Hall–Kier alpha value is -0.900. The largest absolute Gasteiger partial charge is 0.318 e. The first-order chi connectivity index (χ1) is 9.10. The van der Waals surface area contributed by atoms with Crippen LogP contribution in [-0.2, 0) is 6.54 Å². The predicted octanol–water partition coefficient (Wildman–Crippen LogP) is 1.72. The van der Waals surface area contributed by atoms with Crippen molar-refractivity contribution in [2.24, 2.45) is 0 Å². The fourth-order valence-corrected chi connectivity index (χ4v) is 3.06. The molecule has 0 aromatic heterocycles. The molecule has 2 unspecified atom stereocenters. The van der Waals surface area contributed by atoms with Gasteiger partial charge in [0.15, 0.2) is 0 Å². The first-order valence-electron chi connectivity index (χ1n) is 7.24. The number of benzene rings is 1. The Bertz CT molecular complexity index is 387. The first-order valence-corrected chi connectivity index (χ1v) is 7.24. The van der Waals surface area contributed by atoms with Crippen LogP contribution in [-0.4, -0.2) is 55.6 Å². The van der Waals surface area contributed by atoms with E-state index in [4.69, 9.17) is 0 Å². The van der Waals surface area contributed by atoms with Gasteiger partial charge < -0.3 is 10.2 Å². The van der Waals surface area contributed by atoms with Crippen LogP contribution in [0.1, 0.15) is 18.1 Å². The van der Waals surface area contributed by atoms with Gasteiger partial charge in [0.1, 0.15) is 0 Å². The Kier molecular flexibility index (Phi) is 4.97. The lowest BCUT2D eigenvalue weighted by molar-refractivity contribution is 0.0379. The highest BCUT2D eigenvalue weighted by Gasteiger charge is 2.29. The third-order valence-corrected chi connectivity index (χ3v) is 4.06. The van der Waals surface area contributed by atoms with Gasteiger partial charge in [-0.1, -0.05) is 29.8 Å². The van der Waals surface area contributed by atoms with Gasteiger partial charge in [-0.2, -0.15) is 0 Å². The average molecular weight is 261 g/mol. The van der Waals surface area contributed by atoms with Crippen molar-refractivity contribution in [2.45, 2.75) is 32.5 Å². The lowest BCUT2D eigenvalue weighted by atomic mass is 10.0. The molecule has 1 heterocycles. The van der Waals surface area contributed by atoms with Crippen LogP contribution in [0, 0.1) is 6.92 Å². The third-order valence-electron chi connectivity index (χ3n) is 4.06. The SMILES string of the molecule is CNCC1CN(C)CC(C)N1Cc1ccc(C)cc1. The second kappa shape index (κ2) is 6.51. The molecule has 0 saturated carbocycles. The maximum atomic E-state index is 3.34. The zero-order chi connectivity index (χ0) is 13.8. The van der Waals surface area contributed by atoms with Crippen LogP contribution in [0.5, 0.6) is 0 Å². The van der Waals surface area contributed by atoms with Gasteiger partial charge in [0.05, 0.1) is 0 Å². The number of likely N-dealkylation sites (N-methyl/N-ethyl adjacent to an activating group) is 2. The molecule has 0 amide bonds. The highest BCUT2D eigenvalue weighted by atomic mass is 15.3. The minimum Gasteiger partial charge on any atom is -0.318 e. The zero-order valence-electron chi connectivity index (χ0n) is 12.7. The van der Waals surface area contributed by atoms with E-state index in [2.05, 4.69) is 60.3 Å². The van der Waals surface area contributed by atoms with Crippen molar-refractivity contribution >= 4 is 0 Å². The highest BCUT2D eigenvalue weighted by Crippen LogP contribution is 2.18. The van der Waals surface area contributed by atoms with Crippen LogP contribution in [0.25, 0.3) is 0 Å². The summed E-state index contributed by atoms with van der Waals surface area (Å²) in [7, 11) is 4.27. The van der Waals surface area contributed by atoms with Crippen LogP contribution in [0.4, 0.5) is 0 Å². The van der Waals surface area contributed by atoms with E-state index in [1.807, 2.05) is 7.05 Å². The van der Waals surface area contributed by atoms with Gasteiger partial charge in [0, 0.05) is 38.3 Å².